The molecule has 3 rings (SSSR count). The molecular weight excluding hydrogens is 272 g/mol. The van der Waals surface area contributed by atoms with E-state index >= 15 is 0 Å². The van der Waals surface area contributed by atoms with Gasteiger partial charge < -0.3 is 9.32 Å². The number of rotatable bonds is 5. The van der Waals surface area contributed by atoms with E-state index in [0.29, 0.717) is 11.1 Å². The average Bonchev–Trinajstić information content (AvgIpc) is 2.98. The summed E-state index contributed by atoms with van der Waals surface area (Å²) in [5.74, 6) is 1.56. The lowest BCUT2D eigenvalue weighted by Gasteiger charge is -2.25. The number of aromatic nitrogens is 3. The predicted molar refractivity (Wildman–Crippen MR) is 78.5 cm³/mol. The number of nitrogens with zero attached hydrogens (tertiary/aromatic N) is 4. The fourth-order valence-corrected chi connectivity index (χ4v) is 3.08. The summed E-state index contributed by atoms with van der Waals surface area (Å²) >= 11 is 1.63. The van der Waals surface area contributed by atoms with Crippen LogP contribution in [-0.2, 0) is 0 Å². The van der Waals surface area contributed by atoms with Crippen LogP contribution in [0.15, 0.2) is 34.2 Å². The first kappa shape index (κ1) is 13.6. The third kappa shape index (κ3) is 3.58. The lowest BCUT2D eigenvalue weighted by molar-refractivity contribution is 0.242. The summed E-state index contributed by atoms with van der Waals surface area (Å²) in [7, 11) is 0. The van der Waals surface area contributed by atoms with E-state index in [-0.39, 0.29) is 0 Å². The Hall–Kier alpha value is -1.40. The molecule has 2 aromatic heterocycles. The molecule has 0 saturated carbocycles. The van der Waals surface area contributed by atoms with Crippen molar-refractivity contribution in [1.29, 1.82) is 0 Å². The van der Waals surface area contributed by atoms with Gasteiger partial charge in [-0.25, -0.2) is 0 Å². The zero-order valence-corrected chi connectivity index (χ0v) is 12.2. The first-order chi connectivity index (χ1) is 9.92. The van der Waals surface area contributed by atoms with Crippen LogP contribution in [0.4, 0.5) is 0 Å². The molecule has 1 saturated heterocycles. The summed E-state index contributed by atoms with van der Waals surface area (Å²) in [6, 6.07) is 3.74. The summed E-state index contributed by atoms with van der Waals surface area (Å²) in [6.07, 6.45) is 7.49. The second-order valence-electron chi connectivity index (χ2n) is 4.86. The zero-order valence-electron chi connectivity index (χ0n) is 11.4. The minimum atomic E-state index is 0.563. The molecule has 0 bridgehead atoms. The summed E-state index contributed by atoms with van der Waals surface area (Å²) < 4.78 is 5.65. The van der Waals surface area contributed by atoms with Crippen LogP contribution in [0.1, 0.15) is 19.3 Å². The van der Waals surface area contributed by atoms with Crippen molar-refractivity contribution in [2.45, 2.75) is 24.5 Å². The van der Waals surface area contributed by atoms with E-state index in [2.05, 4.69) is 20.1 Å². The highest BCUT2D eigenvalue weighted by atomic mass is 32.2. The normalized spacial score (nSPS) is 16.4. The largest absolute Gasteiger partial charge is 0.411 e. The molecule has 0 spiro atoms. The van der Waals surface area contributed by atoms with Crippen molar-refractivity contribution in [2.24, 2.45) is 0 Å². The van der Waals surface area contributed by atoms with E-state index in [9.17, 15) is 0 Å². The van der Waals surface area contributed by atoms with Crippen LogP contribution in [0.3, 0.4) is 0 Å². The van der Waals surface area contributed by atoms with Crippen LogP contribution in [0.5, 0.6) is 0 Å². The molecule has 0 aliphatic carbocycles. The topological polar surface area (TPSA) is 55.1 Å². The molecule has 0 atom stereocenters. The SMILES string of the molecule is c1cc(-c2nnc(SCCN3CCCCC3)o2)ccn1. The predicted octanol–water partition coefficient (Wildman–Crippen LogP) is 2.71. The van der Waals surface area contributed by atoms with Crippen LogP contribution < -0.4 is 0 Å². The Morgan fingerprint density at radius 3 is 2.70 bits per heavy atom. The van der Waals surface area contributed by atoms with Crippen molar-refractivity contribution in [3.05, 3.63) is 24.5 Å². The molecule has 1 aliphatic heterocycles. The Kier molecular flexibility index (Phi) is 4.65. The Morgan fingerprint density at radius 1 is 1.10 bits per heavy atom. The average molecular weight is 290 g/mol. The first-order valence-electron chi connectivity index (χ1n) is 7.01. The van der Waals surface area contributed by atoms with Gasteiger partial charge in [0.25, 0.3) is 5.22 Å². The standard InChI is InChI=1S/C14H18N4OS/c1-2-8-18(9-3-1)10-11-20-14-17-16-13(19-14)12-4-6-15-7-5-12/h4-7H,1-3,8-11H2. The fourth-order valence-electron chi connectivity index (χ4n) is 2.32. The van der Waals surface area contributed by atoms with Crippen LogP contribution in [-0.4, -0.2) is 45.5 Å². The van der Waals surface area contributed by atoms with Gasteiger partial charge in [-0.05, 0) is 38.1 Å². The molecule has 0 aromatic carbocycles. The first-order valence-corrected chi connectivity index (χ1v) is 7.99. The molecule has 3 heterocycles. The molecule has 0 unspecified atom stereocenters. The number of hydrogen-bond donors (Lipinski definition) is 0. The minimum absolute atomic E-state index is 0.563. The van der Waals surface area contributed by atoms with Gasteiger partial charge >= 0.3 is 0 Å². The summed E-state index contributed by atoms with van der Waals surface area (Å²) in [5, 5.41) is 8.80. The lowest BCUT2D eigenvalue weighted by Crippen LogP contribution is -2.31. The maximum atomic E-state index is 5.65. The molecule has 1 aliphatic rings. The molecule has 20 heavy (non-hydrogen) atoms. The van der Waals surface area contributed by atoms with Gasteiger partial charge in [-0.3, -0.25) is 4.98 Å². The lowest BCUT2D eigenvalue weighted by atomic mass is 10.1. The van der Waals surface area contributed by atoms with Gasteiger partial charge in [0.05, 0.1) is 0 Å². The number of pyridine rings is 1. The smallest absolute Gasteiger partial charge is 0.276 e. The Labute approximate surface area is 122 Å². The van der Waals surface area contributed by atoms with Gasteiger partial charge in [0, 0.05) is 30.3 Å². The maximum Gasteiger partial charge on any atom is 0.276 e. The van der Waals surface area contributed by atoms with Gasteiger partial charge in [-0.15, -0.1) is 10.2 Å². The molecule has 2 aromatic rings. The Balaban J connectivity index is 1.50. The van der Waals surface area contributed by atoms with Gasteiger partial charge in [-0.1, -0.05) is 18.2 Å². The molecule has 0 radical (unpaired) electrons. The summed E-state index contributed by atoms with van der Waals surface area (Å²) in [4.78, 5) is 6.49. The molecular formula is C14H18N4OS. The highest BCUT2D eigenvalue weighted by Gasteiger charge is 2.12. The molecule has 0 amide bonds. The number of thioether (sulfide) groups is 1. The number of hydrogen-bond acceptors (Lipinski definition) is 6. The second-order valence-corrected chi connectivity index (χ2v) is 5.91. The van der Waals surface area contributed by atoms with E-state index in [4.69, 9.17) is 4.42 Å². The molecule has 6 heteroatoms. The van der Waals surface area contributed by atoms with Crippen molar-refractivity contribution in [1.82, 2.24) is 20.1 Å². The van der Waals surface area contributed by atoms with Crippen LogP contribution in [0.25, 0.3) is 11.5 Å². The third-order valence-electron chi connectivity index (χ3n) is 3.42. The monoisotopic (exact) mass is 290 g/mol. The summed E-state index contributed by atoms with van der Waals surface area (Å²) in [6.45, 7) is 3.55. The second kappa shape index (κ2) is 6.85. The van der Waals surface area contributed by atoms with E-state index in [0.717, 1.165) is 17.9 Å². The van der Waals surface area contributed by atoms with Crippen LogP contribution in [0, 0.1) is 0 Å². The van der Waals surface area contributed by atoms with Gasteiger partial charge in [0.2, 0.25) is 5.89 Å². The van der Waals surface area contributed by atoms with Crippen LogP contribution in [0.2, 0.25) is 0 Å². The van der Waals surface area contributed by atoms with Crippen molar-refractivity contribution in [3.63, 3.8) is 0 Å². The van der Waals surface area contributed by atoms with E-state index in [1.165, 1.54) is 32.4 Å². The molecule has 5 nitrogen and oxygen atoms in total. The van der Waals surface area contributed by atoms with Crippen molar-refractivity contribution in [3.8, 4) is 11.5 Å². The number of likely N-dealkylation sites (tertiary alicyclic amines) is 1. The molecule has 1 fully saturated rings. The minimum Gasteiger partial charge on any atom is -0.411 e. The van der Waals surface area contributed by atoms with E-state index in [1.54, 1.807) is 24.2 Å². The zero-order chi connectivity index (χ0) is 13.6. The van der Waals surface area contributed by atoms with Gasteiger partial charge in [0.15, 0.2) is 0 Å². The molecule has 0 N–H and O–H groups in total. The quantitative estimate of drug-likeness (QED) is 0.789. The maximum absolute atomic E-state index is 5.65. The fraction of sp³-hybridized carbons (Fsp3) is 0.500. The van der Waals surface area contributed by atoms with Gasteiger partial charge in [0.1, 0.15) is 0 Å². The highest BCUT2D eigenvalue weighted by Crippen LogP contribution is 2.22. The highest BCUT2D eigenvalue weighted by molar-refractivity contribution is 7.99. The van der Waals surface area contributed by atoms with Crippen LogP contribution >= 0.6 is 11.8 Å². The van der Waals surface area contributed by atoms with Crippen molar-refractivity contribution < 1.29 is 4.42 Å². The van der Waals surface area contributed by atoms with E-state index in [1.807, 2.05) is 12.1 Å². The summed E-state index contributed by atoms with van der Waals surface area (Å²) in [5.41, 5.74) is 0.912. The van der Waals surface area contributed by atoms with Crippen molar-refractivity contribution in [2.75, 3.05) is 25.4 Å². The Bertz CT molecular complexity index is 525. The van der Waals surface area contributed by atoms with E-state index < -0.39 is 0 Å². The van der Waals surface area contributed by atoms with Crippen molar-refractivity contribution >= 4 is 11.8 Å². The number of piperidine rings is 1. The third-order valence-corrected chi connectivity index (χ3v) is 4.21. The Morgan fingerprint density at radius 2 is 1.90 bits per heavy atom. The van der Waals surface area contributed by atoms with Gasteiger partial charge in [-0.2, -0.15) is 0 Å². The molecule has 106 valence electrons.